The molecule has 0 aliphatic carbocycles. The largest absolute Gasteiger partial charge is 0.694 e. The van der Waals surface area contributed by atoms with Crippen LogP contribution in [0.4, 0.5) is 0 Å². The molecule has 0 amide bonds. The topological polar surface area (TPSA) is 65.0 Å². The minimum atomic E-state index is -2.62. The van der Waals surface area contributed by atoms with E-state index in [0.29, 0.717) is 6.61 Å². The maximum absolute atomic E-state index is 10.9. The molecule has 0 aromatic carbocycles. The molecule has 2 atom stereocenters. The summed E-state index contributed by atoms with van der Waals surface area (Å²) >= 11 is 0. The Morgan fingerprint density at radius 2 is 1.35 bits per heavy atom. The smallest absolute Gasteiger partial charge is 0.414 e. The second-order valence-corrected chi connectivity index (χ2v) is 19.4. The summed E-state index contributed by atoms with van der Waals surface area (Å²) < 4.78 is 28.3. The van der Waals surface area contributed by atoms with Crippen LogP contribution < -0.4 is 0 Å². The Kier molecular flexibility index (Phi) is 8.30. The molecule has 0 bridgehead atoms. The average Bonchev–Trinajstić information content (AvgIpc) is 2.29. The molecule has 0 aliphatic heterocycles. The first-order valence-electron chi connectivity index (χ1n) is 8.10. The van der Waals surface area contributed by atoms with Gasteiger partial charge in [-0.2, -0.15) is 0 Å². The van der Waals surface area contributed by atoms with Crippen molar-refractivity contribution in [2.24, 2.45) is 0 Å². The van der Waals surface area contributed by atoms with Crippen molar-refractivity contribution in [1.82, 2.24) is 0 Å². The van der Waals surface area contributed by atoms with Gasteiger partial charge in [0.25, 0.3) is 0 Å². The maximum atomic E-state index is 10.9. The van der Waals surface area contributed by atoms with Gasteiger partial charge in [-0.1, -0.05) is 41.5 Å². The van der Waals surface area contributed by atoms with Gasteiger partial charge in [-0.3, -0.25) is 0 Å². The fourth-order valence-corrected chi connectivity index (χ4v) is 4.03. The second kappa shape index (κ2) is 8.17. The Hall–Kier alpha value is 0.374. The van der Waals surface area contributed by atoms with Crippen LogP contribution in [0.5, 0.6) is 0 Å². The van der Waals surface area contributed by atoms with Gasteiger partial charge in [0.2, 0.25) is 0 Å². The Balaban J connectivity index is 5.00. The third-order valence-corrected chi connectivity index (χ3v) is 14.5. The zero-order chi connectivity index (χ0) is 18.7. The van der Waals surface area contributed by atoms with E-state index in [2.05, 4.69) is 67.7 Å². The Bertz CT molecular complexity index is 400. The van der Waals surface area contributed by atoms with Gasteiger partial charge in [0.05, 0.1) is 12.7 Å². The molecule has 5 nitrogen and oxygen atoms in total. The van der Waals surface area contributed by atoms with Crippen LogP contribution in [0.3, 0.4) is 0 Å². The first-order valence-corrected chi connectivity index (χ1v) is 15.0. The molecule has 138 valence electrons. The van der Waals surface area contributed by atoms with Gasteiger partial charge in [-0.25, -0.2) is 0 Å². The molecular weight excluding hydrogens is 347 g/mol. The van der Waals surface area contributed by atoms with Crippen LogP contribution in [0, 0.1) is 0 Å². The molecule has 0 heterocycles. The molecule has 0 rings (SSSR count). The SMILES string of the molecule is CC(C)(C)[Si](C)(C)OCC(CO[P+](=O)O)O[Si](C)(C)C(C)(C)C. The number of hydrogen-bond acceptors (Lipinski definition) is 4. The normalized spacial score (nSPS) is 16.4. The maximum Gasteiger partial charge on any atom is 0.694 e. The van der Waals surface area contributed by atoms with E-state index in [-0.39, 0.29) is 22.8 Å². The molecule has 0 fully saturated rings. The zero-order valence-electron chi connectivity index (χ0n) is 16.5. The van der Waals surface area contributed by atoms with E-state index in [0.717, 1.165) is 0 Å². The second-order valence-electron chi connectivity index (χ2n) is 9.11. The lowest BCUT2D eigenvalue weighted by Crippen LogP contribution is -2.48. The Morgan fingerprint density at radius 1 is 0.913 bits per heavy atom. The highest BCUT2D eigenvalue weighted by molar-refractivity contribution is 7.32. The molecule has 1 N–H and O–H groups in total. The van der Waals surface area contributed by atoms with Gasteiger partial charge in [0.1, 0.15) is 6.61 Å². The lowest BCUT2D eigenvalue weighted by molar-refractivity contribution is 0.0640. The van der Waals surface area contributed by atoms with Crippen molar-refractivity contribution >= 4 is 24.9 Å². The predicted molar refractivity (Wildman–Crippen MR) is 101 cm³/mol. The highest BCUT2D eigenvalue weighted by atomic mass is 31.1. The fraction of sp³-hybridized carbons (Fsp3) is 1.00. The van der Waals surface area contributed by atoms with Gasteiger partial charge >= 0.3 is 8.25 Å². The summed E-state index contributed by atoms with van der Waals surface area (Å²) in [6.07, 6.45) is -0.323. The number of rotatable bonds is 8. The lowest BCUT2D eigenvalue weighted by atomic mass is 10.2. The summed E-state index contributed by atoms with van der Waals surface area (Å²) in [7, 11) is -6.53. The molecule has 0 saturated heterocycles. The quantitative estimate of drug-likeness (QED) is 0.468. The van der Waals surface area contributed by atoms with Crippen LogP contribution in [0.15, 0.2) is 0 Å². The van der Waals surface area contributed by atoms with Gasteiger partial charge in [-0.15, -0.1) is 9.42 Å². The van der Waals surface area contributed by atoms with Crippen LogP contribution >= 0.6 is 8.25 Å². The van der Waals surface area contributed by atoms with Crippen molar-refractivity contribution in [1.29, 1.82) is 0 Å². The summed E-state index contributed by atoms with van der Waals surface area (Å²) in [6, 6.07) is 0. The summed E-state index contributed by atoms with van der Waals surface area (Å²) in [5.74, 6) is 0. The van der Waals surface area contributed by atoms with Crippen LogP contribution in [0.25, 0.3) is 0 Å². The fourth-order valence-electron chi connectivity index (χ4n) is 1.37. The van der Waals surface area contributed by atoms with Crippen molar-refractivity contribution in [3.8, 4) is 0 Å². The molecule has 0 aromatic heterocycles. The van der Waals surface area contributed by atoms with Gasteiger partial charge < -0.3 is 8.85 Å². The minimum Gasteiger partial charge on any atom is -0.414 e. The van der Waals surface area contributed by atoms with Crippen LogP contribution in [-0.4, -0.2) is 40.8 Å². The summed E-state index contributed by atoms with van der Waals surface area (Å²) in [4.78, 5) is 8.93. The van der Waals surface area contributed by atoms with E-state index in [4.69, 9.17) is 18.3 Å². The molecule has 2 unspecified atom stereocenters. The third-order valence-electron chi connectivity index (χ3n) is 5.07. The lowest BCUT2D eigenvalue weighted by Gasteiger charge is -2.41. The van der Waals surface area contributed by atoms with E-state index in [1.54, 1.807) is 0 Å². The van der Waals surface area contributed by atoms with E-state index < -0.39 is 24.9 Å². The molecule has 0 spiro atoms. The Morgan fingerprint density at radius 3 is 1.70 bits per heavy atom. The van der Waals surface area contributed by atoms with Crippen molar-refractivity contribution in [2.75, 3.05) is 13.2 Å². The monoisotopic (exact) mass is 383 g/mol. The average molecular weight is 384 g/mol. The summed E-state index contributed by atoms with van der Waals surface area (Å²) in [5.41, 5.74) is 0. The van der Waals surface area contributed by atoms with Crippen LogP contribution in [0.1, 0.15) is 41.5 Å². The Labute approximate surface area is 145 Å². The predicted octanol–water partition coefficient (Wildman–Crippen LogP) is 5.06. The molecule has 0 radical (unpaired) electrons. The van der Waals surface area contributed by atoms with E-state index in [9.17, 15) is 4.57 Å². The van der Waals surface area contributed by atoms with Gasteiger partial charge in [0.15, 0.2) is 16.6 Å². The molecule has 23 heavy (non-hydrogen) atoms. The summed E-state index contributed by atoms with van der Waals surface area (Å²) in [6.45, 7) is 22.2. The van der Waals surface area contributed by atoms with E-state index in [1.807, 2.05) is 0 Å². The number of hydrogen-bond donors (Lipinski definition) is 1. The highest BCUT2D eigenvalue weighted by Gasteiger charge is 2.42. The minimum absolute atomic E-state index is 0.0592. The van der Waals surface area contributed by atoms with E-state index >= 15 is 0 Å². The molecular formula is C15H36O5PSi2+. The third kappa shape index (κ3) is 7.86. The molecule has 0 saturated carbocycles. The van der Waals surface area contributed by atoms with Crippen LogP contribution in [0.2, 0.25) is 36.3 Å². The van der Waals surface area contributed by atoms with Crippen molar-refractivity contribution in [2.45, 2.75) is 83.9 Å². The van der Waals surface area contributed by atoms with Crippen LogP contribution in [-0.2, 0) is 17.9 Å². The molecule has 0 aromatic rings. The molecule has 8 heteroatoms. The molecule has 0 aliphatic rings. The van der Waals surface area contributed by atoms with Gasteiger partial charge in [0, 0.05) is 4.57 Å². The first kappa shape index (κ1) is 23.4. The van der Waals surface area contributed by atoms with Crippen molar-refractivity contribution in [3.63, 3.8) is 0 Å². The van der Waals surface area contributed by atoms with Crippen molar-refractivity contribution < 1.29 is 22.8 Å². The van der Waals surface area contributed by atoms with Crippen molar-refractivity contribution in [3.05, 3.63) is 0 Å². The first-order chi connectivity index (χ1) is 9.99. The van der Waals surface area contributed by atoms with E-state index in [1.165, 1.54) is 0 Å². The summed E-state index contributed by atoms with van der Waals surface area (Å²) in [5, 5.41) is 0.168. The standard InChI is InChI=1S/C15H35O5PSi2/c1-14(2,3)22(7,8)19-12-13(11-18-21(16)17)20-23(9,10)15(4,5)6/h13H,11-12H2,1-10H3/p+1. The highest BCUT2D eigenvalue weighted by Crippen LogP contribution is 2.39. The zero-order valence-corrected chi connectivity index (χ0v) is 19.4. The van der Waals surface area contributed by atoms with Gasteiger partial charge in [-0.05, 0) is 36.3 Å².